The van der Waals surface area contributed by atoms with Gasteiger partial charge in [-0.25, -0.2) is 0 Å². The Morgan fingerprint density at radius 2 is 1.71 bits per heavy atom. The first-order valence-corrected chi connectivity index (χ1v) is 6.75. The summed E-state index contributed by atoms with van der Waals surface area (Å²) in [7, 11) is 0. The normalized spacial score (nSPS) is 9.71. The summed E-state index contributed by atoms with van der Waals surface area (Å²) in [6, 6.07) is 9.45. The Bertz CT molecular complexity index is 306. The Morgan fingerprint density at radius 3 is 2.35 bits per heavy atom. The van der Waals surface area contributed by atoms with Gasteiger partial charge in [0.1, 0.15) is 0 Å². The molecule has 0 amide bonds. The standard InChI is InChI=1S/C13H19NOS.ClH/c14-10-6-1-2-7-11-16-13(15)12-8-4-3-5-9-12;/h3-5,8-9H,1-2,6-7,10-11,14H2;1H. The van der Waals surface area contributed by atoms with E-state index in [1.807, 2.05) is 30.3 Å². The van der Waals surface area contributed by atoms with Gasteiger partial charge in [0.25, 0.3) is 0 Å². The van der Waals surface area contributed by atoms with Crippen molar-refractivity contribution in [2.24, 2.45) is 5.73 Å². The van der Waals surface area contributed by atoms with Gasteiger partial charge in [0, 0.05) is 11.3 Å². The molecule has 0 aromatic heterocycles. The summed E-state index contributed by atoms with van der Waals surface area (Å²) in [4.78, 5) is 11.7. The van der Waals surface area contributed by atoms with Crippen molar-refractivity contribution in [3.63, 3.8) is 0 Å². The van der Waals surface area contributed by atoms with E-state index in [4.69, 9.17) is 5.73 Å². The number of hydrogen-bond acceptors (Lipinski definition) is 3. The fraction of sp³-hybridized carbons (Fsp3) is 0.462. The van der Waals surface area contributed by atoms with Gasteiger partial charge in [0.2, 0.25) is 5.12 Å². The molecular weight excluding hydrogens is 254 g/mol. The molecule has 0 spiro atoms. The summed E-state index contributed by atoms with van der Waals surface area (Å²) in [5, 5.41) is 0.180. The largest absolute Gasteiger partial charge is 0.330 e. The fourth-order valence-electron chi connectivity index (χ4n) is 1.42. The highest BCUT2D eigenvalue weighted by Crippen LogP contribution is 2.14. The molecule has 96 valence electrons. The number of halogens is 1. The molecule has 0 saturated heterocycles. The van der Waals surface area contributed by atoms with E-state index in [-0.39, 0.29) is 17.5 Å². The molecule has 0 saturated carbocycles. The molecule has 0 heterocycles. The molecule has 0 aliphatic rings. The van der Waals surface area contributed by atoms with Crippen LogP contribution in [0.5, 0.6) is 0 Å². The van der Waals surface area contributed by atoms with Crippen molar-refractivity contribution in [3.05, 3.63) is 35.9 Å². The van der Waals surface area contributed by atoms with Crippen molar-refractivity contribution in [2.75, 3.05) is 12.3 Å². The molecule has 1 aromatic carbocycles. The zero-order valence-corrected chi connectivity index (χ0v) is 11.6. The van der Waals surface area contributed by atoms with Crippen LogP contribution < -0.4 is 5.73 Å². The van der Waals surface area contributed by atoms with Crippen molar-refractivity contribution < 1.29 is 4.79 Å². The Balaban J connectivity index is 0.00000256. The Morgan fingerprint density at radius 1 is 1.06 bits per heavy atom. The number of thioether (sulfide) groups is 1. The first-order chi connectivity index (χ1) is 7.84. The van der Waals surface area contributed by atoms with Crippen molar-refractivity contribution >= 4 is 29.3 Å². The summed E-state index contributed by atoms with van der Waals surface area (Å²) in [5.41, 5.74) is 6.21. The molecule has 0 atom stereocenters. The lowest BCUT2D eigenvalue weighted by Gasteiger charge is -2.01. The van der Waals surface area contributed by atoms with Gasteiger partial charge in [0.15, 0.2) is 0 Å². The average molecular weight is 274 g/mol. The lowest BCUT2D eigenvalue weighted by atomic mass is 10.2. The van der Waals surface area contributed by atoms with Crippen LogP contribution in [-0.2, 0) is 0 Å². The Labute approximate surface area is 114 Å². The molecule has 0 bridgehead atoms. The number of nitrogens with two attached hydrogens (primary N) is 1. The van der Waals surface area contributed by atoms with E-state index in [9.17, 15) is 4.79 Å². The van der Waals surface area contributed by atoms with Gasteiger partial charge < -0.3 is 5.73 Å². The number of unbranched alkanes of at least 4 members (excludes halogenated alkanes) is 3. The quantitative estimate of drug-likeness (QED) is 0.773. The van der Waals surface area contributed by atoms with Gasteiger partial charge >= 0.3 is 0 Å². The second-order valence-electron chi connectivity index (χ2n) is 3.70. The van der Waals surface area contributed by atoms with Gasteiger partial charge in [-0.05, 0) is 19.4 Å². The molecule has 2 N–H and O–H groups in total. The minimum absolute atomic E-state index is 0. The number of hydrogen-bond donors (Lipinski definition) is 1. The SMILES string of the molecule is Cl.NCCCCCCSC(=O)c1ccccc1. The highest BCUT2D eigenvalue weighted by atomic mass is 35.5. The molecule has 0 unspecified atom stereocenters. The van der Waals surface area contributed by atoms with E-state index in [2.05, 4.69) is 0 Å². The maximum absolute atomic E-state index is 11.7. The van der Waals surface area contributed by atoms with Crippen LogP contribution in [0.2, 0.25) is 0 Å². The van der Waals surface area contributed by atoms with E-state index >= 15 is 0 Å². The minimum Gasteiger partial charge on any atom is -0.330 e. The van der Waals surface area contributed by atoms with Crippen LogP contribution in [0.15, 0.2) is 30.3 Å². The van der Waals surface area contributed by atoms with E-state index in [0.717, 1.165) is 30.7 Å². The topological polar surface area (TPSA) is 43.1 Å². The number of rotatable bonds is 7. The summed E-state index contributed by atoms with van der Waals surface area (Å²) in [5.74, 6) is 0.915. The highest BCUT2D eigenvalue weighted by Gasteiger charge is 2.04. The molecule has 4 heteroatoms. The third-order valence-electron chi connectivity index (χ3n) is 2.34. The van der Waals surface area contributed by atoms with Crippen LogP contribution in [0.4, 0.5) is 0 Å². The Kier molecular flexibility index (Phi) is 10.3. The summed E-state index contributed by atoms with van der Waals surface area (Å²) < 4.78 is 0. The lowest BCUT2D eigenvalue weighted by Crippen LogP contribution is -1.98. The molecule has 2 nitrogen and oxygen atoms in total. The first kappa shape index (κ1) is 16.5. The van der Waals surface area contributed by atoms with Crippen LogP contribution in [0.25, 0.3) is 0 Å². The van der Waals surface area contributed by atoms with E-state index in [1.54, 1.807) is 0 Å². The molecule has 1 aromatic rings. The predicted octanol–water partition coefficient (Wildman–Crippen LogP) is 3.50. The maximum atomic E-state index is 11.7. The minimum atomic E-state index is 0. The van der Waals surface area contributed by atoms with Gasteiger partial charge in [0.05, 0.1) is 0 Å². The molecule has 17 heavy (non-hydrogen) atoms. The monoisotopic (exact) mass is 273 g/mol. The maximum Gasteiger partial charge on any atom is 0.219 e. The lowest BCUT2D eigenvalue weighted by molar-refractivity contribution is 0.108. The smallest absolute Gasteiger partial charge is 0.219 e. The molecule has 0 aliphatic carbocycles. The zero-order valence-electron chi connectivity index (χ0n) is 9.93. The fourth-order valence-corrected chi connectivity index (χ4v) is 2.26. The zero-order chi connectivity index (χ0) is 11.6. The van der Waals surface area contributed by atoms with Crippen molar-refractivity contribution in [1.29, 1.82) is 0 Å². The van der Waals surface area contributed by atoms with Crippen molar-refractivity contribution in [3.8, 4) is 0 Å². The summed E-state index contributed by atoms with van der Waals surface area (Å²) >= 11 is 1.42. The van der Waals surface area contributed by atoms with Crippen LogP contribution in [-0.4, -0.2) is 17.4 Å². The second-order valence-corrected chi connectivity index (χ2v) is 4.77. The van der Waals surface area contributed by atoms with E-state index in [1.165, 1.54) is 24.6 Å². The predicted molar refractivity (Wildman–Crippen MR) is 78.0 cm³/mol. The van der Waals surface area contributed by atoms with Gasteiger partial charge in [-0.2, -0.15) is 0 Å². The van der Waals surface area contributed by atoms with Gasteiger partial charge in [-0.1, -0.05) is 54.9 Å². The third kappa shape index (κ3) is 7.42. The molecule has 1 rings (SSSR count). The molecule has 0 radical (unpaired) electrons. The number of carbonyl (C=O) groups is 1. The summed E-state index contributed by atoms with van der Waals surface area (Å²) in [6.07, 6.45) is 4.55. The van der Waals surface area contributed by atoms with E-state index < -0.39 is 0 Å². The average Bonchev–Trinajstić information content (AvgIpc) is 2.34. The number of benzene rings is 1. The molecule has 0 fully saturated rings. The van der Waals surface area contributed by atoms with Crippen LogP contribution in [0.1, 0.15) is 36.0 Å². The van der Waals surface area contributed by atoms with Crippen LogP contribution in [0.3, 0.4) is 0 Å². The van der Waals surface area contributed by atoms with Crippen molar-refractivity contribution in [1.82, 2.24) is 0 Å². The third-order valence-corrected chi connectivity index (χ3v) is 3.33. The van der Waals surface area contributed by atoms with Gasteiger partial charge in [-0.3, -0.25) is 4.79 Å². The van der Waals surface area contributed by atoms with E-state index in [0.29, 0.717) is 0 Å². The number of carbonyl (C=O) groups excluding carboxylic acids is 1. The molecular formula is C13H20ClNOS. The first-order valence-electron chi connectivity index (χ1n) is 5.77. The second kappa shape index (κ2) is 10.6. The molecule has 0 aliphatic heterocycles. The summed E-state index contributed by atoms with van der Waals surface area (Å²) in [6.45, 7) is 0.774. The van der Waals surface area contributed by atoms with Crippen molar-refractivity contribution in [2.45, 2.75) is 25.7 Å². The highest BCUT2D eigenvalue weighted by molar-refractivity contribution is 8.14. The van der Waals surface area contributed by atoms with Crippen LogP contribution in [0, 0.1) is 0 Å². The van der Waals surface area contributed by atoms with Gasteiger partial charge in [-0.15, -0.1) is 12.4 Å². The Hall–Kier alpha value is -0.510. The van der Waals surface area contributed by atoms with Crippen LogP contribution >= 0.6 is 24.2 Å².